The third kappa shape index (κ3) is 5.93. The first-order chi connectivity index (χ1) is 11.3. The van der Waals surface area contributed by atoms with Crippen LogP contribution in [0.25, 0.3) is 0 Å². The molecule has 1 amide bonds. The normalized spacial score (nSPS) is 11.1. The molecule has 0 aromatic heterocycles. The average Bonchev–Trinajstić information content (AvgIpc) is 2.51. The van der Waals surface area contributed by atoms with E-state index < -0.39 is 16.0 Å². The van der Waals surface area contributed by atoms with Crippen molar-refractivity contribution >= 4 is 27.6 Å². The van der Waals surface area contributed by atoms with Gasteiger partial charge >= 0.3 is 5.97 Å². The summed E-state index contributed by atoms with van der Waals surface area (Å²) in [4.78, 5) is 25.4. The van der Waals surface area contributed by atoms with Gasteiger partial charge in [0.25, 0.3) is 0 Å². The van der Waals surface area contributed by atoms with E-state index in [1.165, 1.54) is 11.8 Å². The molecule has 1 aromatic rings. The molecular weight excluding hydrogens is 332 g/mol. The standard InChI is InChI=1S/C16H24N2O5S/c1-4-12-24(21,22)17-10-11-18(13(3)19)15-9-7-6-8-14(15)16(20)23-5-2/h6-9,17H,4-5,10-12H2,1-3H3. The molecule has 0 atom stereocenters. The molecule has 7 nitrogen and oxygen atoms in total. The molecule has 0 aliphatic rings. The van der Waals surface area contributed by atoms with Crippen LogP contribution in [-0.4, -0.2) is 45.7 Å². The number of anilines is 1. The number of para-hydroxylation sites is 1. The Hall–Kier alpha value is -1.93. The number of benzene rings is 1. The zero-order valence-corrected chi connectivity index (χ0v) is 15.1. The summed E-state index contributed by atoms with van der Waals surface area (Å²) in [5.74, 6) is -0.778. The maximum atomic E-state index is 12.0. The molecule has 8 heteroatoms. The summed E-state index contributed by atoms with van der Waals surface area (Å²) in [7, 11) is -3.35. The van der Waals surface area contributed by atoms with E-state index in [2.05, 4.69) is 4.72 Å². The van der Waals surface area contributed by atoms with Crippen molar-refractivity contribution in [1.82, 2.24) is 4.72 Å². The first kappa shape index (κ1) is 20.1. The zero-order valence-electron chi connectivity index (χ0n) is 14.2. The van der Waals surface area contributed by atoms with E-state index in [4.69, 9.17) is 4.74 Å². The maximum Gasteiger partial charge on any atom is 0.340 e. The Kier molecular flexibility index (Phi) is 7.87. The molecule has 24 heavy (non-hydrogen) atoms. The summed E-state index contributed by atoms with van der Waals surface area (Å²) in [5, 5.41) is 0. The molecular formula is C16H24N2O5S. The second-order valence-corrected chi connectivity index (χ2v) is 7.05. The van der Waals surface area contributed by atoms with Crippen LogP contribution in [0.15, 0.2) is 24.3 Å². The predicted octanol–water partition coefficient (Wildman–Crippen LogP) is 1.55. The van der Waals surface area contributed by atoms with E-state index in [0.717, 1.165) is 0 Å². The Balaban J connectivity index is 2.94. The van der Waals surface area contributed by atoms with Gasteiger partial charge in [0, 0.05) is 20.0 Å². The largest absolute Gasteiger partial charge is 0.462 e. The molecule has 0 heterocycles. The van der Waals surface area contributed by atoms with Crippen LogP contribution in [0, 0.1) is 0 Å². The second kappa shape index (κ2) is 9.39. The highest BCUT2D eigenvalue weighted by atomic mass is 32.2. The molecule has 0 radical (unpaired) electrons. The van der Waals surface area contributed by atoms with Gasteiger partial charge in [0.05, 0.1) is 23.6 Å². The van der Waals surface area contributed by atoms with Crippen LogP contribution in [0.5, 0.6) is 0 Å². The van der Waals surface area contributed by atoms with Gasteiger partial charge in [-0.15, -0.1) is 0 Å². The molecule has 134 valence electrons. The third-order valence-corrected chi connectivity index (χ3v) is 4.79. The quantitative estimate of drug-likeness (QED) is 0.678. The van der Waals surface area contributed by atoms with Gasteiger partial charge in [-0.3, -0.25) is 4.79 Å². The molecule has 0 spiro atoms. The molecule has 0 saturated carbocycles. The zero-order chi connectivity index (χ0) is 18.2. The number of carbonyl (C=O) groups is 2. The van der Waals surface area contributed by atoms with Gasteiger partial charge in [-0.05, 0) is 25.5 Å². The fraction of sp³-hybridized carbons (Fsp3) is 0.500. The van der Waals surface area contributed by atoms with Crippen molar-refractivity contribution in [3.63, 3.8) is 0 Å². The maximum absolute atomic E-state index is 12.0. The van der Waals surface area contributed by atoms with Crippen molar-refractivity contribution in [2.45, 2.75) is 27.2 Å². The number of ether oxygens (including phenoxy) is 1. The number of hydrogen-bond donors (Lipinski definition) is 1. The molecule has 0 fully saturated rings. The molecule has 0 bridgehead atoms. The molecule has 0 aliphatic heterocycles. The van der Waals surface area contributed by atoms with Gasteiger partial charge in [0.2, 0.25) is 15.9 Å². The van der Waals surface area contributed by atoms with E-state index in [-0.39, 0.29) is 36.9 Å². The molecule has 0 unspecified atom stereocenters. The summed E-state index contributed by atoms with van der Waals surface area (Å²) in [6.07, 6.45) is 0.511. The van der Waals surface area contributed by atoms with Gasteiger partial charge < -0.3 is 9.64 Å². The van der Waals surface area contributed by atoms with Crippen LogP contribution in [0.3, 0.4) is 0 Å². The molecule has 0 aliphatic carbocycles. The van der Waals surface area contributed by atoms with Crippen molar-refractivity contribution in [3.05, 3.63) is 29.8 Å². The minimum absolute atomic E-state index is 0.0342. The lowest BCUT2D eigenvalue weighted by Crippen LogP contribution is -2.39. The van der Waals surface area contributed by atoms with Crippen molar-refractivity contribution < 1.29 is 22.7 Å². The van der Waals surface area contributed by atoms with E-state index in [0.29, 0.717) is 12.1 Å². The smallest absolute Gasteiger partial charge is 0.340 e. The number of nitrogens with zero attached hydrogens (tertiary/aromatic N) is 1. The molecule has 1 aromatic carbocycles. The SMILES string of the molecule is CCCS(=O)(=O)NCCN(C(C)=O)c1ccccc1C(=O)OCC. The lowest BCUT2D eigenvalue weighted by molar-refractivity contribution is -0.116. The highest BCUT2D eigenvalue weighted by molar-refractivity contribution is 7.89. The summed E-state index contributed by atoms with van der Waals surface area (Å²) < 4.78 is 30.8. The van der Waals surface area contributed by atoms with Gasteiger partial charge in [-0.25, -0.2) is 17.9 Å². The number of rotatable bonds is 9. The van der Waals surface area contributed by atoms with Gasteiger partial charge in [-0.2, -0.15) is 0 Å². The van der Waals surface area contributed by atoms with Crippen LogP contribution in [0.2, 0.25) is 0 Å². The van der Waals surface area contributed by atoms with Gasteiger partial charge in [0.15, 0.2) is 0 Å². The molecule has 0 saturated heterocycles. The Bertz CT molecular complexity index is 673. The number of nitrogens with one attached hydrogen (secondary N) is 1. The Morgan fingerprint density at radius 3 is 2.46 bits per heavy atom. The Morgan fingerprint density at radius 1 is 1.21 bits per heavy atom. The first-order valence-corrected chi connectivity index (χ1v) is 9.49. The van der Waals surface area contributed by atoms with Gasteiger partial charge in [0.1, 0.15) is 0 Å². The van der Waals surface area contributed by atoms with E-state index in [1.54, 1.807) is 38.1 Å². The van der Waals surface area contributed by atoms with Crippen LogP contribution in [0.1, 0.15) is 37.6 Å². The van der Waals surface area contributed by atoms with Crippen molar-refractivity contribution in [2.24, 2.45) is 0 Å². The fourth-order valence-electron chi connectivity index (χ4n) is 2.19. The topological polar surface area (TPSA) is 92.8 Å². The lowest BCUT2D eigenvalue weighted by atomic mass is 10.1. The summed E-state index contributed by atoms with van der Waals surface area (Å²) >= 11 is 0. The minimum Gasteiger partial charge on any atom is -0.462 e. The average molecular weight is 356 g/mol. The van der Waals surface area contributed by atoms with Crippen molar-refractivity contribution in [3.8, 4) is 0 Å². The number of hydrogen-bond acceptors (Lipinski definition) is 5. The van der Waals surface area contributed by atoms with Gasteiger partial charge in [-0.1, -0.05) is 19.1 Å². The Morgan fingerprint density at radius 2 is 1.88 bits per heavy atom. The van der Waals surface area contributed by atoms with E-state index in [1.807, 2.05) is 0 Å². The summed E-state index contributed by atoms with van der Waals surface area (Å²) in [5.41, 5.74) is 0.670. The van der Waals surface area contributed by atoms with E-state index in [9.17, 15) is 18.0 Å². The summed E-state index contributed by atoms with van der Waals surface area (Å²) in [6, 6.07) is 6.59. The first-order valence-electron chi connectivity index (χ1n) is 7.84. The van der Waals surface area contributed by atoms with Crippen LogP contribution in [0.4, 0.5) is 5.69 Å². The predicted molar refractivity (Wildman–Crippen MR) is 92.5 cm³/mol. The fourth-order valence-corrected chi connectivity index (χ4v) is 3.28. The number of sulfonamides is 1. The van der Waals surface area contributed by atoms with E-state index >= 15 is 0 Å². The Labute approximate surface area is 143 Å². The monoisotopic (exact) mass is 356 g/mol. The third-order valence-electron chi connectivity index (χ3n) is 3.20. The molecule has 1 N–H and O–H groups in total. The van der Waals surface area contributed by atoms with Crippen LogP contribution in [-0.2, 0) is 19.6 Å². The number of carbonyl (C=O) groups excluding carboxylic acids is 2. The minimum atomic E-state index is -3.35. The number of amides is 1. The van der Waals surface area contributed by atoms with Crippen LogP contribution >= 0.6 is 0 Å². The summed E-state index contributed by atoms with van der Waals surface area (Å²) in [6.45, 7) is 5.25. The lowest BCUT2D eigenvalue weighted by Gasteiger charge is -2.23. The number of esters is 1. The second-order valence-electron chi connectivity index (χ2n) is 5.12. The molecule has 1 rings (SSSR count). The van der Waals surface area contributed by atoms with Crippen molar-refractivity contribution in [1.29, 1.82) is 0 Å². The van der Waals surface area contributed by atoms with Crippen molar-refractivity contribution in [2.75, 3.05) is 30.3 Å². The van der Waals surface area contributed by atoms with Crippen LogP contribution < -0.4 is 9.62 Å². The highest BCUT2D eigenvalue weighted by Crippen LogP contribution is 2.21. The highest BCUT2D eigenvalue weighted by Gasteiger charge is 2.20.